The van der Waals surface area contributed by atoms with E-state index in [1.807, 2.05) is 0 Å². The third-order valence-electron chi connectivity index (χ3n) is 1.81. The second kappa shape index (κ2) is 3.69. The molecule has 0 saturated carbocycles. The van der Waals surface area contributed by atoms with Gasteiger partial charge in [-0.15, -0.1) is 0 Å². The molecular weight excluding hydrogens is 142 g/mol. The van der Waals surface area contributed by atoms with E-state index in [-0.39, 0.29) is 11.9 Å². The van der Waals surface area contributed by atoms with Crippen LogP contribution in [-0.4, -0.2) is 37.5 Å². The molecule has 2 N–H and O–H groups in total. The lowest BCUT2D eigenvalue weighted by atomic mass is 10.1. The molecular formula is C7H15N3O. The van der Waals surface area contributed by atoms with E-state index in [1.54, 1.807) is 19.0 Å². The van der Waals surface area contributed by atoms with Crippen molar-refractivity contribution in [3.05, 3.63) is 0 Å². The summed E-state index contributed by atoms with van der Waals surface area (Å²) in [6.07, 6.45) is 2.00. The zero-order valence-electron chi connectivity index (χ0n) is 7.05. The van der Waals surface area contributed by atoms with Crippen LogP contribution in [0.3, 0.4) is 0 Å². The summed E-state index contributed by atoms with van der Waals surface area (Å²) < 4.78 is 0. The van der Waals surface area contributed by atoms with Gasteiger partial charge in [-0.2, -0.15) is 0 Å². The van der Waals surface area contributed by atoms with Gasteiger partial charge in [0.05, 0.1) is 0 Å². The molecule has 1 atom stereocenters. The third-order valence-corrected chi connectivity index (χ3v) is 1.81. The van der Waals surface area contributed by atoms with E-state index in [0.29, 0.717) is 0 Å². The number of carbonyl (C=O) groups is 1. The first kappa shape index (κ1) is 8.49. The molecule has 4 heteroatoms. The zero-order chi connectivity index (χ0) is 8.27. The number of carbonyl (C=O) groups excluding carboxylic acids is 1. The van der Waals surface area contributed by atoms with Gasteiger partial charge in [-0.1, -0.05) is 0 Å². The molecule has 0 aromatic rings. The molecule has 4 nitrogen and oxygen atoms in total. The monoisotopic (exact) mass is 157 g/mol. The highest BCUT2D eigenvalue weighted by Crippen LogP contribution is 2.02. The number of rotatable bonds is 1. The number of nitrogens with one attached hydrogen (secondary N) is 2. The van der Waals surface area contributed by atoms with Crippen LogP contribution in [0.25, 0.3) is 0 Å². The standard InChI is InChI=1S/C7H15N3O/c1-10(2)7(11)6-4-3-5-8-9-6/h6,8-9H,3-5H2,1-2H3. The molecule has 11 heavy (non-hydrogen) atoms. The second-order valence-electron chi connectivity index (χ2n) is 3.00. The molecule has 1 heterocycles. The normalized spacial score (nSPS) is 24.7. The van der Waals surface area contributed by atoms with Gasteiger partial charge in [-0.05, 0) is 12.8 Å². The van der Waals surface area contributed by atoms with Crippen molar-refractivity contribution in [2.75, 3.05) is 20.6 Å². The number of likely N-dealkylation sites (N-methyl/N-ethyl adjacent to an activating group) is 1. The first-order valence-corrected chi connectivity index (χ1v) is 3.91. The van der Waals surface area contributed by atoms with Gasteiger partial charge in [0.2, 0.25) is 5.91 Å². The van der Waals surface area contributed by atoms with Gasteiger partial charge in [0.1, 0.15) is 6.04 Å². The highest BCUT2D eigenvalue weighted by Gasteiger charge is 2.21. The summed E-state index contributed by atoms with van der Waals surface area (Å²) in [6, 6.07) is -0.0289. The Bertz CT molecular complexity index is 141. The van der Waals surface area contributed by atoms with Gasteiger partial charge in [-0.25, -0.2) is 5.43 Å². The number of nitrogens with zero attached hydrogens (tertiary/aromatic N) is 1. The second-order valence-corrected chi connectivity index (χ2v) is 3.00. The Morgan fingerprint density at radius 2 is 2.27 bits per heavy atom. The predicted octanol–water partition coefficient (Wildman–Crippen LogP) is -0.669. The molecule has 1 fully saturated rings. The minimum Gasteiger partial charge on any atom is -0.347 e. The van der Waals surface area contributed by atoms with Crippen LogP contribution >= 0.6 is 0 Å². The minimum atomic E-state index is -0.0289. The lowest BCUT2D eigenvalue weighted by Crippen LogP contribution is -2.53. The van der Waals surface area contributed by atoms with E-state index in [2.05, 4.69) is 10.9 Å². The fraction of sp³-hybridized carbons (Fsp3) is 0.857. The summed E-state index contributed by atoms with van der Waals surface area (Å²) in [4.78, 5) is 12.9. The smallest absolute Gasteiger partial charge is 0.240 e. The SMILES string of the molecule is CN(C)C(=O)C1CCCNN1. The summed E-state index contributed by atoms with van der Waals surface area (Å²) >= 11 is 0. The van der Waals surface area contributed by atoms with Crippen molar-refractivity contribution >= 4 is 5.91 Å². The van der Waals surface area contributed by atoms with Crippen LogP contribution < -0.4 is 10.9 Å². The summed E-state index contributed by atoms with van der Waals surface area (Å²) in [5.41, 5.74) is 5.93. The highest BCUT2D eigenvalue weighted by molar-refractivity contribution is 5.81. The molecule has 1 saturated heterocycles. The maximum absolute atomic E-state index is 11.3. The van der Waals surface area contributed by atoms with Crippen molar-refractivity contribution < 1.29 is 4.79 Å². The van der Waals surface area contributed by atoms with Crippen molar-refractivity contribution in [3.63, 3.8) is 0 Å². The van der Waals surface area contributed by atoms with E-state index in [9.17, 15) is 4.79 Å². The summed E-state index contributed by atoms with van der Waals surface area (Å²) in [7, 11) is 3.55. The largest absolute Gasteiger partial charge is 0.347 e. The van der Waals surface area contributed by atoms with Gasteiger partial charge in [0.15, 0.2) is 0 Å². The number of hydrogen-bond acceptors (Lipinski definition) is 3. The quantitative estimate of drug-likeness (QED) is 0.530. The molecule has 64 valence electrons. The summed E-state index contributed by atoms with van der Waals surface area (Å²) in [5.74, 6) is 0.150. The zero-order valence-corrected chi connectivity index (χ0v) is 7.05. The Kier molecular flexibility index (Phi) is 2.84. The Hall–Kier alpha value is -0.610. The molecule has 0 aromatic heterocycles. The average molecular weight is 157 g/mol. The van der Waals surface area contributed by atoms with Crippen molar-refractivity contribution in [1.82, 2.24) is 15.8 Å². The van der Waals surface area contributed by atoms with E-state index < -0.39 is 0 Å². The molecule has 1 aliphatic heterocycles. The summed E-state index contributed by atoms with van der Waals surface area (Å²) in [5, 5.41) is 0. The Morgan fingerprint density at radius 3 is 2.73 bits per heavy atom. The first-order valence-electron chi connectivity index (χ1n) is 3.91. The fourth-order valence-corrected chi connectivity index (χ4v) is 1.16. The van der Waals surface area contributed by atoms with Crippen LogP contribution in [0.4, 0.5) is 0 Å². The molecule has 1 aliphatic rings. The number of hydrogen-bond donors (Lipinski definition) is 2. The van der Waals surface area contributed by atoms with Gasteiger partial charge >= 0.3 is 0 Å². The van der Waals surface area contributed by atoms with Gasteiger partial charge in [0.25, 0.3) is 0 Å². The van der Waals surface area contributed by atoms with Crippen LogP contribution in [0.2, 0.25) is 0 Å². The van der Waals surface area contributed by atoms with Crippen LogP contribution in [0, 0.1) is 0 Å². The van der Waals surface area contributed by atoms with Crippen LogP contribution in [-0.2, 0) is 4.79 Å². The number of hydrazine groups is 1. The first-order chi connectivity index (χ1) is 5.22. The Labute approximate surface area is 66.9 Å². The molecule has 0 radical (unpaired) electrons. The molecule has 0 aromatic carbocycles. The fourth-order valence-electron chi connectivity index (χ4n) is 1.16. The molecule has 0 aliphatic carbocycles. The van der Waals surface area contributed by atoms with Crippen LogP contribution in [0.5, 0.6) is 0 Å². The highest BCUT2D eigenvalue weighted by atomic mass is 16.2. The van der Waals surface area contributed by atoms with Gasteiger partial charge in [0, 0.05) is 20.6 Å². The average Bonchev–Trinajstić information content (AvgIpc) is 2.05. The topological polar surface area (TPSA) is 44.4 Å². The van der Waals surface area contributed by atoms with E-state index in [1.165, 1.54) is 0 Å². The van der Waals surface area contributed by atoms with Crippen molar-refractivity contribution in [2.24, 2.45) is 0 Å². The van der Waals surface area contributed by atoms with Gasteiger partial charge < -0.3 is 4.90 Å². The lowest BCUT2D eigenvalue weighted by molar-refractivity contribution is -0.131. The molecule has 1 unspecified atom stereocenters. The van der Waals surface area contributed by atoms with Crippen LogP contribution in [0.15, 0.2) is 0 Å². The molecule has 1 amide bonds. The van der Waals surface area contributed by atoms with E-state index in [4.69, 9.17) is 0 Å². The minimum absolute atomic E-state index is 0.0289. The summed E-state index contributed by atoms with van der Waals surface area (Å²) in [6.45, 7) is 0.956. The Balaban J connectivity index is 2.39. The third kappa shape index (κ3) is 2.17. The van der Waals surface area contributed by atoms with E-state index in [0.717, 1.165) is 19.4 Å². The molecule has 0 spiro atoms. The van der Waals surface area contributed by atoms with Crippen LogP contribution in [0.1, 0.15) is 12.8 Å². The number of amides is 1. The van der Waals surface area contributed by atoms with Crippen molar-refractivity contribution in [3.8, 4) is 0 Å². The van der Waals surface area contributed by atoms with Gasteiger partial charge in [-0.3, -0.25) is 10.2 Å². The lowest BCUT2D eigenvalue weighted by Gasteiger charge is -2.25. The molecule has 0 bridgehead atoms. The maximum Gasteiger partial charge on any atom is 0.240 e. The van der Waals surface area contributed by atoms with E-state index >= 15 is 0 Å². The predicted molar refractivity (Wildman–Crippen MR) is 42.9 cm³/mol. The Morgan fingerprint density at radius 1 is 1.55 bits per heavy atom. The van der Waals surface area contributed by atoms with Crippen molar-refractivity contribution in [1.29, 1.82) is 0 Å². The van der Waals surface area contributed by atoms with Crippen molar-refractivity contribution in [2.45, 2.75) is 18.9 Å². The molecule has 1 rings (SSSR count). The maximum atomic E-state index is 11.3.